The first-order valence-corrected chi connectivity index (χ1v) is 7.58. The summed E-state index contributed by atoms with van der Waals surface area (Å²) in [6.07, 6.45) is 4.62. The van der Waals surface area contributed by atoms with Crippen molar-refractivity contribution in [2.24, 2.45) is 11.8 Å². The van der Waals surface area contributed by atoms with Gasteiger partial charge < -0.3 is 19.7 Å². The molecule has 5 aliphatic rings. The molecule has 5 atom stereocenters. The first kappa shape index (κ1) is 11.5. The molecule has 1 N–H and O–H groups in total. The number of nitrogens with one attached hydrogen (secondary N) is 1. The van der Waals surface area contributed by atoms with Gasteiger partial charge in [-0.25, -0.2) is 0 Å². The summed E-state index contributed by atoms with van der Waals surface area (Å²) in [5, 5.41) is 2.91. The number of rotatable bonds is 3. The highest BCUT2D eigenvalue weighted by atomic mass is 16.8. The number of amides is 2. The van der Waals surface area contributed by atoms with Crippen LogP contribution < -0.4 is 5.32 Å². The fraction of sp³-hybridized carbons (Fsp3) is 0.857. The molecule has 3 heterocycles. The fourth-order valence-electron chi connectivity index (χ4n) is 4.94. The second kappa shape index (κ2) is 3.36. The van der Waals surface area contributed by atoms with Gasteiger partial charge in [0.2, 0.25) is 11.8 Å². The van der Waals surface area contributed by atoms with Gasteiger partial charge in [-0.3, -0.25) is 9.59 Å². The number of fused-ring (bicyclic) bond motifs is 1. The summed E-state index contributed by atoms with van der Waals surface area (Å²) in [4.78, 5) is 25.3. The van der Waals surface area contributed by atoms with Gasteiger partial charge in [0.25, 0.3) is 5.91 Å². The number of ether oxygens (including phenoxy) is 2. The lowest BCUT2D eigenvalue weighted by atomic mass is 9.47. The van der Waals surface area contributed by atoms with Crippen molar-refractivity contribution in [2.45, 2.75) is 49.7 Å². The van der Waals surface area contributed by atoms with Crippen molar-refractivity contribution >= 4 is 11.8 Å². The molecule has 20 heavy (non-hydrogen) atoms. The first-order chi connectivity index (χ1) is 9.61. The van der Waals surface area contributed by atoms with Gasteiger partial charge in [-0.15, -0.1) is 0 Å². The largest absolute Gasteiger partial charge is 0.333 e. The summed E-state index contributed by atoms with van der Waals surface area (Å²) in [5.74, 6) is 0.181. The molecule has 6 nitrogen and oxygen atoms in total. The lowest BCUT2D eigenvalue weighted by Crippen LogP contribution is -2.70. The first-order valence-electron chi connectivity index (χ1n) is 7.58. The zero-order valence-electron chi connectivity index (χ0n) is 11.3. The topological polar surface area (TPSA) is 67.9 Å². The molecular weight excluding hydrogens is 260 g/mol. The number of nitrogens with zero attached hydrogens (tertiary/aromatic N) is 1. The van der Waals surface area contributed by atoms with Crippen molar-refractivity contribution in [2.75, 3.05) is 13.1 Å². The normalized spacial score (nSPS) is 50.7. The maximum absolute atomic E-state index is 12.2. The molecule has 2 bridgehead atoms. The average Bonchev–Trinajstić information content (AvgIpc) is 2.97. The molecule has 5 fully saturated rings. The minimum atomic E-state index is -0.902. The van der Waals surface area contributed by atoms with Crippen molar-refractivity contribution in [1.29, 1.82) is 0 Å². The minimum Gasteiger partial charge on any atom is -0.333 e. The van der Waals surface area contributed by atoms with Crippen molar-refractivity contribution in [3.8, 4) is 0 Å². The van der Waals surface area contributed by atoms with Crippen molar-refractivity contribution in [1.82, 2.24) is 10.2 Å². The molecule has 1 spiro atoms. The predicted molar refractivity (Wildman–Crippen MR) is 66.2 cm³/mol. The molecule has 0 radical (unpaired) electrons. The molecular formula is C14H18N2O4. The second-order valence-electron chi connectivity index (χ2n) is 6.85. The van der Waals surface area contributed by atoms with Gasteiger partial charge in [-0.1, -0.05) is 0 Å². The van der Waals surface area contributed by atoms with E-state index in [4.69, 9.17) is 9.47 Å². The second-order valence-corrected chi connectivity index (χ2v) is 6.85. The molecule has 0 aromatic heterocycles. The van der Waals surface area contributed by atoms with Crippen LogP contribution >= 0.6 is 0 Å². The van der Waals surface area contributed by atoms with Crippen LogP contribution in [0.2, 0.25) is 0 Å². The third-order valence-corrected chi connectivity index (χ3v) is 5.87. The monoisotopic (exact) mass is 278 g/mol. The molecule has 2 amide bonds. The van der Waals surface area contributed by atoms with E-state index < -0.39 is 5.91 Å². The van der Waals surface area contributed by atoms with Gasteiger partial charge in [0.1, 0.15) is 5.60 Å². The summed E-state index contributed by atoms with van der Waals surface area (Å²) in [6, 6.07) is 0. The number of hydrogen-bond acceptors (Lipinski definition) is 4. The van der Waals surface area contributed by atoms with E-state index in [9.17, 15) is 9.59 Å². The van der Waals surface area contributed by atoms with Gasteiger partial charge in [0, 0.05) is 19.4 Å². The summed E-state index contributed by atoms with van der Waals surface area (Å²) in [7, 11) is 0. The molecule has 3 aliphatic heterocycles. The maximum atomic E-state index is 12.2. The Hall–Kier alpha value is -1.14. The Balaban J connectivity index is 1.28. The number of carbonyl (C=O) groups excluding carboxylic acids is 2. The molecule has 108 valence electrons. The fourth-order valence-corrected chi connectivity index (χ4v) is 4.94. The minimum absolute atomic E-state index is 0.0659. The van der Waals surface area contributed by atoms with E-state index in [1.807, 2.05) is 0 Å². The molecule has 5 unspecified atom stereocenters. The summed E-state index contributed by atoms with van der Waals surface area (Å²) < 4.78 is 12.1. The van der Waals surface area contributed by atoms with E-state index in [1.165, 1.54) is 6.42 Å². The number of hydrogen-bond donors (Lipinski definition) is 1. The van der Waals surface area contributed by atoms with Crippen LogP contribution in [0.25, 0.3) is 0 Å². The molecule has 5 rings (SSSR count). The van der Waals surface area contributed by atoms with Crippen molar-refractivity contribution in [3.63, 3.8) is 0 Å². The highest BCUT2D eigenvalue weighted by molar-refractivity contribution is 5.86. The van der Waals surface area contributed by atoms with Crippen LogP contribution in [0.3, 0.4) is 0 Å². The molecule has 3 saturated heterocycles. The molecule has 0 aromatic rings. The van der Waals surface area contributed by atoms with Crippen molar-refractivity contribution in [3.05, 3.63) is 0 Å². The average molecular weight is 278 g/mol. The lowest BCUT2D eigenvalue weighted by Gasteiger charge is -2.61. The summed E-state index contributed by atoms with van der Waals surface area (Å²) in [6.45, 7) is 0.803. The van der Waals surface area contributed by atoms with Crippen LogP contribution in [-0.2, 0) is 19.1 Å². The van der Waals surface area contributed by atoms with E-state index in [0.29, 0.717) is 24.8 Å². The van der Waals surface area contributed by atoms with Crippen LogP contribution in [0.5, 0.6) is 0 Å². The lowest BCUT2D eigenvalue weighted by molar-refractivity contribution is -0.215. The summed E-state index contributed by atoms with van der Waals surface area (Å²) in [5.41, 5.74) is -0.0727. The third kappa shape index (κ3) is 1.18. The Morgan fingerprint density at radius 3 is 2.95 bits per heavy atom. The smallest absolute Gasteiger partial charge is 0.252 e. The van der Waals surface area contributed by atoms with Gasteiger partial charge in [0.15, 0.2) is 0 Å². The maximum Gasteiger partial charge on any atom is 0.252 e. The van der Waals surface area contributed by atoms with E-state index in [-0.39, 0.29) is 30.1 Å². The van der Waals surface area contributed by atoms with Crippen molar-refractivity contribution < 1.29 is 19.1 Å². The zero-order valence-corrected chi connectivity index (χ0v) is 11.3. The number of carbonyl (C=O) groups is 2. The molecule has 0 aromatic carbocycles. The highest BCUT2D eigenvalue weighted by Crippen LogP contribution is 2.72. The standard InChI is InChI=1S/C14H18N2O4/c17-11(7-16-3-1-2-12(16)18)15-13-6-9-4-8-5-10(19-13)14(8,9)20-13/h8-10H,1-7H2,(H,15,17). The Morgan fingerprint density at radius 1 is 1.40 bits per heavy atom. The van der Waals surface area contributed by atoms with Gasteiger partial charge in [-0.2, -0.15) is 0 Å². The van der Waals surface area contributed by atoms with Gasteiger partial charge in [0.05, 0.1) is 12.6 Å². The quantitative estimate of drug-likeness (QED) is 0.787. The molecule has 6 heteroatoms. The predicted octanol–water partition coefficient (Wildman–Crippen LogP) is -0.0235. The summed E-state index contributed by atoms with van der Waals surface area (Å²) >= 11 is 0. The van der Waals surface area contributed by atoms with Crippen LogP contribution in [0.15, 0.2) is 0 Å². The third-order valence-electron chi connectivity index (χ3n) is 5.87. The van der Waals surface area contributed by atoms with Crippen LogP contribution in [0, 0.1) is 11.8 Å². The van der Waals surface area contributed by atoms with Crippen LogP contribution in [-0.4, -0.2) is 47.4 Å². The van der Waals surface area contributed by atoms with Gasteiger partial charge in [-0.05, 0) is 31.1 Å². The Bertz CT molecular complexity index is 503. The van der Waals surface area contributed by atoms with E-state index in [0.717, 1.165) is 19.3 Å². The van der Waals surface area contributed by atoms with E-state index in [2.05, 4.69) is 5.32 Å². The van der Waals surface area contributed by atoms with Crippen LogP contribution in [0.4, 0.5) is 0 Å². The van der Waals surface area contributed by atoms with Crippen LogP contribution in [0.1, 0.15) is 32.1 Å². The number of likely N-dealkylation sites (tertiary alicyclic amines) is 1. The molecule has 2 saturated carbocycles. The Kier molecular flexibility index (Phi) is 1.94. The van der Waals surface area contributed by atoms with E-state index >= 15 is 0 Å². The SMILES string of the molecule is O=C(CN1CCCC1=O)NC12CC3CC4CC(O1)C43O2. The van der Waals surface area contributed by atoms with Gasteiger partial charge >= 0.3 is 0 Å². The zero-order chi connectivity index (χ0) is 13.5. The van der Waals surface area contributed by atoms with E-state index in [1.54, 1.807) is 4.90 Å². The Morgan fingerprint density at radius 2 is 2.30 bits per heavy atom. The molecule has 2 aliphatic carbocycles. The Labute approximate surface area is 116 Å². The highest BCUT2D eigenvalue weighted by Gasteiger charge is 2.81.